The maximum atomic E-state index is 12.6. The van der Waals surface area contributed by atoms with Crippen molar-refractivity contribution < 1.29 is 32.6 Å². The van der Waals surface area contributed by atoms with Crippen LogP contribution >= 0.6 is 0 Å². The molecular formula is C21H26N4O7S. The molecule has 4 N–H and O–H groups in total. The van der Waals surface area contributed by atoms with E-state index in [9.17, 15) is 22.8 Å². The summed E-state index contributed by atoms with van der Waals surface area (Å²) in [5, 5.41) is 13.7. The molecule has 2 aromatic rings. The second-order valence-corrected chi connectivity index (χ2v) is 8.89. The largest absolute Gasteiger partial charge is 0.414 e. The van der Waals surface area contributed by atoms with Crippen LogP contribution in [0, 0.1) is 5.92 Å². The minimum atomic E-state index is -4.16. The minimum Gasteiger partial charge on any atom is -0.395 e. The molecule has 33 heavy (non-hydrogen) atoms. The van der Waals surface area contributed by atoms with Gasteiger partial charge < -0.3 is 20.5 Å². The average Bonchev–Trinajstić information content (AvgIpc) is 2.78. The van der Waals surface area contributed by atoms with Gasteiger partial charge >= 0.3 is 6.09 Å². The van der Waals surface area contributed by atoms with Gasteiger partial charge in [0.05, 0.1) is 17.1 Å². The number of hydrogen-bond donors (Lipinski definition) is 4. The van der Waals surface area contributed by atoms with Crippen LogP contribution in [0.1, 0.15) is 29.8 Å². The lowest BCUT2D eigenvalue weighted by Crippen LogP contribution is -2.31. The molecule has 0 aliphatic rings. The van der Waals surface area contributed by atoms with E-state index in [1.54, 1.807) is 26.0 Å². The van der Waals surface area contributed by atoms with E-state index in [0.717, 1.165) is 6.20 Å². The molecule has 0 fully saturated rings. The molecule has 178 valence electrons. The van der Waals surface area contributed by atoms with Crippen LogP contribution in [-0.2, 0) is 21.2 Å². The van der Waals surface area contributed by atoms with Crippen molar-refractivity contribution in [2.24, 2.45) is 5.92 Å². The van der Waals surface area contributed by atoms with Gasteiger partial charge in [-0.3, -0.25) is 9.59 Å². The van der Waals surface area contributed by atoms with E-state index in [-0.39, 0.29) is 41.3 Å². The smallest absolute Gasteiger partial charge is 0.395 e. The summed E-state index contributed by atoms with van der Waals surface area (Å²) in [7, 11) is -4.16. The summed E-state index contributed by atoms with van der Waals surface area (Å²) in [4.78, 5) is 39.1. The third-order valence-corrected chi connectivity index (χ3v) is 5.58. The predicted octanol–water partition coefficient (Wildman–Crippen LogP) is 0.596. The first-order valence-electron chi connectivity index (χ1n) is 10.1. The zero-order valence-corrected chi connectivity index (χ0v) is 19.0. The molecule has 0 radical (unpaired) electrons. The molecule has 3 amide bonds. The highest BCUT2D eigenvalue weighted by atomic mass is 32.2. The Balaban J connectivity index is 2.00. The molecule has 0 atom stereocenters. The maximum Gasteiger partial charge on any atom is 0.414 e. The van der Waals surface area contributed by atoms with Crippen LogP contribution in [-0.4, -0.2) is 56.1 Å². The Bertz CT molecular complexity index is 1090. The molecular weight excluding hydrogens is 452 g/mol. The van der Waals surface area contributed by atoms with E-state index in [4.69, 9.17) is 9.84 Å². The molecule has 0 aliphatic carbocycles. The van der Waals surface area contributed by atoms with E-state index in [0.29, 0.717) is 18.5 Å². The first-order valence-corrected chi connectivity index (χ1v) is 11.6. The van der Waals surface area contributed by atoms with Gasteiger partial charge in [-0.1, -0.05) is 26.0 Å². The van der Waals surface area contributed by atoms with Crippen molar-refractivity contribution in [3.05, 3.63) is 53.7 Å². The fourth-order valence-corrected chi connectivity index (χ4v) is 3.55. The SMILES string of the molecule is CC(C)C(=O)NCCc1cccc(S(=O)(=O)NC(=O)c2ccc(OC(=O)NCCO)nc2)c1. The number of carbonyl (C=O) groups is 3. The van der Waals surface area contributed by atoms with E-state index in [2.05, 4.69) is 15.6 Å². The number of pyridine rings is 1. The monoisotopic (exact) mass is 478 g/mol. The van der Waals surface area contributed by atoms with Crippen LogP contribution in [0.5, 0.6) is 5.88 Å². The average molecular weight is 479 g/mol. The first kappa shape index (κ1) is 25.7. The Morgan fingerprint density at radius 1 is 1.09 bits per heavy atom. The van der Waals surface area contributed by atoms with Gasteiger partial charge in [0.1, 0.15) is 0 Å². The second kappa shape index (κ2) is 11.9. The quantitative estimate of drug-likeness (QED) is 0.385. The van der Waals surface area contributed by atoms with E-state index in [1.165, 1.54) is 24.3 Å². The van der Waals surface area contributed by atoms with Crippen molar-refractivity contribution in [3.8, 4) is 5.88 Å². The number of benzene rings is 1. The number of aromatic nitrogens is 1. The zero-order valence-electron chi connectivity index (χ0n) is 18.2. The van der Waals surface area contributed by atoms with Gasteiger partial charge in [0.2, 0.25) is 11.8 Å². The lowest BCUT2D eigenvalue weighted by molar-refractivity contribution is -0.123. The van der Waals surface area contributed by atoms with Crippen LogP contribution in [0.4, 0.5) is 4.79 Å². The number of rotatable bonds is 10. The van der Waals surface area contributed by atoms with Crippen LogP contribution in [0.25, 0.3) is 0 Å². The van der Waals surface area contributed by atoms with Crippen molar-refractivity contribution in [3.63, 3.8) is 0 Å². The first-order chi connectivity index (χ1) is 15.6. The number of amides is 3. The molecule has 1 aromatic heterocycles. The van der Waals surface area contributed by atoms with Crippen LogP contribution < -0.4 is 20.1 Å². The molecule has 1 aromatic carbocycles. The normalized spacial score (nSPS) is 11.0. The summed E-state index contributed by atoms with van der Waals surface area (Å²) in [5.41, 5.74) is 0.617. The van der Waals surface area contributed by atoms with Gasteiger partial charge in [-0.05, 0) is 30.2 Å². The summed E-state index contributed by atoms with van der Waals surface area (Å²) in [6, 6.07) is 8.53. The highest BCUT2D eigenvalue weighted by Crippen LogP contribution is 2.14. The summed E-state index contributed by atoms with van der Waals surface area (Å²) in [6.45, 7) is 3.65. The Labute approximate surface area is 191 Å². The zero-order chi connectivity index (χ0) is 24.4. The number of aliphatic hydroxyl groups is 1. The van der Waals surface area contributed by atoms with Crippen molar-refractivity contribution in [2.45, 2.75) is 25.2 Å². The molecule has 0 spiro atoms. The number of aliphatic hydroxyl groups excluding tert-OH is 1. The summed E-state index contributed by atoms with van der Waals surface area (Å²) < 4.78 is 32.1. The molecule has 12 heteroatoms. The molecule has 0 unspecified atom stereocenters. The third-order valence-electron chi connectivity index (χ3n) is 4.25. The third kappa shape index (κ3) is 8.16. The van der Waals surface area contributed by atoms with E-state index < -0.39 is 22.0 Å². The van der Waals surface area contributed by atoms with Gasteiger partial charge in [0, 0.05) is 31.3 Å². The van der Waals surface area contributed by atoms with Crippen molar-refractivity contribution in [2.75, 3.05) is 19.7 Å². The number of hydrogen-bond acceptors (Lipinski definition) is 8. The molecule has 1 heterocycles. The van der Waals surface area contributed by atoms with Crippen LogP contribution in [0.2, 0.25) is 0 Å². The molecule has 2 rings (SSSR count). The minimum absolute atomic E-state index is 0.00492. The highest BCUT2D eigenvalue weighted by molar-refractivity contribution is 7.90. The van der Waals surface area contributed by atoms with Gasteiger partial charge in [-0.15, -0.1) is 0 Å². The summed E-state index contributed by atoms with van der Waals surface area (Å²) in [5.74, 6) is -1.26. The Kier molecular flexibility index (Phi) is 9.30. The van der Waals surface area contributed by atoms with Crippen LogP contribution in [0.3, 0.4) is 0 Å². The van der Waals surface area contributed by atoms with Gasteiger partial charge in [0.25, 0.3) is 15.9 Å². The topological polar surface area (TPSA) is 164 Å². The van der Waals surface area contributed by atoms with Gasteiger partial charge in [0.15, 0.2) is 0 Å². The van der Waals surface area contributed by atoms with Gasteiger partial charge in [-0.25, -0.2) is 22.9 Å². The van der Waals surface area contributed by atoms with E-state index >= 15 is 0 Å². The highest BCUT2D eigenvalue weighted by Gasteiger charge is 2.20. The standard InChI is InChI=1S/C21H26N4O7S/c1-14(2)19(27)22-9-8-15-4-3-5-17(12-15)33(30,31)25-20(28)16-6-7-18(24-13-16)32-21(29)23-10-11-26/h3-7,12-14,26H,8-11H2,1-2H3,(H,22,27)(H,23,29)(H,25,28). The maximum absolute atomic E-state index is 12.6. The molecule has 0 saturated carbocycles. The Hall–Kier alpha value is -3.51. The number of nitrogens with one attached hydrogen (secondary N) is 3. The number of ether oxygens (including phenoxy) is 1. The lowest BCUT2D eigenvalue weighted by Gasteiger charge is -2.10. The Morgan fingerprint density at radius 3 is 2.48 bits per heavy atom. The number of nitrogens with zero attached hydrogens (tertiary/aromatic N) is 1. The second-order valence-electron chi connectivity index (χ2n) is 7.20. The van der Waals surface area contributed by atoms with Crippen molar-refractivity contribution >= 4 is 27.9 Å². The molecule has 0 aliphatic heterocycles. The van der Waals surface area contributed by atoms with Gasteiger partial charge in [-0.2, -0.15) is 0 Å². The summed E-state index contributed by atoms with van der Waals surface area (Å²) >= 11 is 0. The lowest BCUT2D eigenvalue weighted by atomic mass is 10.1. The summed E-state index contributed by atoms with van der Waals surface area (Å²) in [6.07, 6.45) is 0.653. The number of sulfonamides is 1. The van der Waals surface area contributed by atoms with E-state index in [1.807, 2.05) is 4.72 Å². The molecule has 0 bridgehead atoms. The van der Waals surface area contributed by atoms with Crippen molar-refractivity contribution in [1.82, 2.24) is 20.3 Å². The fourth-order valence-electron chi connectivity index (χ4n) is 2.51. The number of carbonyl (C=O) groups excluding carboxylic acids is 3. The molecule has 11 nitrogen and oxygen atoms in total. The van der Waals surface area contributed by atoms with Crippen LogP contribution in [0.15, 0.2) is 47.5 Å². The Morgan fingerprint density at radius 2 is 1.85 bits per heavy atom. The predicted molar refractivity (Wildman–Crippen MR) is 118 cm³/mol. The molecule has 0 saturated heterocycles. The fraction of sp³-hybridized carbons (Fsp3) is 0.333. The van der Waals surface area contributed by atoms with Crippen molar-refractivity contribution in [1.29, 1.82) is 0 Å².